The fourth-order valence-corrected chi connectivity index (χ4v) is 3.15. The number of ether oxygens (including phenoxy) is 1. The van der Waals surface area contributed by atoms with Crippen molar-refractivity contribution in [3.05, 3.63) is 54.2 Å². The van der Waals surface area contributed by atoms with Gasteiger partial charge in [0.05, 0.1) is 19.7 Å². The van der Waals surface area contributed by atoms with Gasteiger partial charge in [-0.25, -0.2) is 0 Å². The van der Waals surface area contributed by atoms with Crippen LogP contribution in [0.2, 0.25) is 10.0 Å². The van der Waals surface area contributed by atoms with Gasteiger partial charge in [-0.05, 0) is 19.1 Å². The SMILES string of the molecule is Cc1sc(C(=O)NCC(O)COc2cccc(Cl)c2Cl)cc1[N+](=O)[O-]. The predicted octanol–water partition coefficient (Wildman–Crippen LogP) is 3.44. The number of halogens is 2. The van der Waals surface area contributed by atoms with Gasteiger partial charge in [-0.3, -0.25) is 14.9 Å². The molecule has 1 heterocycles. The first kappa shape index (κ1) is 19.5. The van der Waals surface area contributed by atoms with Crippen molar-refractivity contribution in [3.8, 4) is 5.75 Å². The van der Waals surface area contributed by atoms with Gasteiger partial charge in [-0.2, -0.15) is 0 Å². The normalized spacial score (nSPS) is 11.8. The number of thiophene rings is 1. The molecule has 0 spiro atoms. The molecule has 1 unspecified atom stereocenters. The number of aliphatic hydroxyl groups is 1. The van der Waals surface area contributed by atoms with Crippen LogP contribution in [-0.2, 0) is 0 Å². The van der Waals surface area contributed by atoms with E-state index in [9.17, 15) is 20.0 Å². The summed E-state index contributed by atoms with van der Waals surface area (Å²) in [6.07, 6.45) is -0.991. The molecule has 0 aliphatic rings. The third kappa shape index (κ3) is 5.05. The van der Waals surface area contributed by atoms with Crippen LogP contribution in [-0.4, -0.2) is 35.2 Å². The van der Waals surface area contributed by atoms with Gasteiger partial charge in [-0.15, -0.1) is 11.3 Å². The molecular formula is C15H14Cl2N2O5S. The lowest BCUT2D eigenvalue weighted by Gasteiger charge is -2.14. The molecule has 0 fully saturated rings. The lowest BCUT2D eigenvalue weighted by Crippen LogP contribution is -2.35. The number of benzene rings is 1. The van der Waals surface area contributed by atoms with Crippen LogP contribution in [0.4, 0.5) is 5.69 Å². The van der Waals surface area contributed by atoms with E-state index in [0.717, 1.165) is 11.3 Å². The van der Waals surface area contributed by atoms with Crippen molar-refractivity contribution in [2.45, 2.75) is 13.0 Å². The fourth-order valence-electron chi connectivity index (χ4n) is 1.90. The Balaban J connectivity index is 1.86. The van der Waals surface area contributed by atoms with Crippen LogP contribution in [0.5, 0.6) is 5.75 Å². The van der Waals surface area contributed by atoms with Gasteiger partial charge in [0.25, 0.3) is 11.6 Å². The summed E-state index contributed by atoms with van der Waals surface area (Å²) < 4.78 is 5.37. The van der Waals surface area contributed by atoms with Crippen LogP contribution in [0.15, 0.2) is 24.3 Å². The number of amides is 1. The van der Waals surface area contributed by atoms with Crippen molar-refractivity contribution in [2.24, 2.45) is 0 Å². The molecule has 0 aliphatic carbocycles. The molecule has 25 heavy (non-hydrogen) atoms. The number of nitrogens with zero attached hydrogens (tertiary/aromatic N) is 1. The number of hydrogen-bond acceptors (Lipinski definition) is 6. The van der Waals surface area contributed by atoms with Crippen LogP contribution in [0.3, 0.4) is 0 Å². The molecule has 0 saturated carbocycles. The molecule has 2 rings (SSSR count). The Bertz CT molecular complexity index is 796. The lowest BCUT2D eigenvalue weighted by molar-refractivity contribution is -0.385. The van der Waals surface area contributed by atoms with Crippen molar-refractivity contribution in [3.63, 3.8) is 0 Å². The van der Waals surface area contributed by atoms with Gasteiger partial charge in [0.2, 0.25) is 0 Å². The van der Waals surface area contributed by atoms with Crippen molar-refractivity contribution < 1.29 is 19.6 Å². The number of hydrogen-bond donors (Lipinski definition) is 2. The molecule has 134 valence electrons. The Labute approximate surface area is 157 Å². The topological polar surface area (TPSA) is 102 Å². The monoisotopic (exact) mass is 404 g/mol. The van der Waals surface area contributed by atoms with Gasteiger partial charge < -0.3 is 15.2 Å². The van der Waals surface area contributed by atoms with E-state index in [1.54, 1.807) is 25.1 Å². The summed E-state index contributed by atoms with van der Waals surface area (Å²) in [6.45, 7) is 1.38. The van der Waals surface area contributed by atoms with Gasteiger partial charge >= 0.3 is 0 Å². The van der Waals surface area contributed by atoms with Gasteiger partial charge in [0, 0.05) is 12.6 Å². The number of aryl methyl sites for hydroxylation is 1. The molecule has 2 aromatic rings. The smallest absolute Gasteiger partial charge is 0.283 e. The number of nitrogens with one attached hydrogen (secondary N) is 1. The van der Waals surface area contributed by atoms with E-state index in [4.69, 9.17) is 27.9 Å². The summed E-state index contributed by atoms with van der Waals surface area (Å²) in [5.41, 5.74) is -0.102. The molecular weight excluding hydrogens is 391 g/mol. The van der Waals surface area contributed by atoms with E-state index in [1.807, 2.05) is 0 Å². The average Bonchev–Trinajstić information content (AvgIpc) is 2.96. The zero-order valence-corrected chi connectivity index (χ0v) is 15.3. The van der Waals surface area contributed by atoms with Crippen LogP contribution < -0.4 is 10.1 Å². The molecule has 0 aliphatic heterocycles. The second-order valence-electron chi connectivity index (χ2n) is 5.04. The molecule has 7 nitrogen and oxygen atoms in total. The predicted molar refractivity (Wildman–Crippen MR) is 96.0 cm³/mol. The van der Waals surface area contributed by atoms with Gasteiger partial charge in [0.1, 0.15) is 23.5 Å². The molecule has 1 aromatic carbocycles. The Morgan fingerprint density at radius 1 is 1.48 bits per heavy atom. The second-order valence-corrected chi connectivity index (χ2v) is 7.08. The number of aliphatic hydroxyl groups excluding tert-OH is 1. The highest BCUT2D eigenvalue weighted by Gasteiger charge is 2.20. The minimum absolute atomic E-state index is 0.0816. The molecule has 0 bridgehead atoms. The standard InChI is InChI=1S/C15H14Cl2N2O5S/c1-8-11(19(22)23)5-13(25-8)15(21)18-6-9(20)7-24-12-4-2-3-10(16)14(12)17/h2-5,9,20H,6-7H2,1H3,(H,18,21). The summed E-state index contributed by atoms with van der Waals surface area (Å²) in [5, 5.41) is 23.8. The second kappa shape index (κ2) is 8.48. The number of carbonyl (C=O) groups is 1. The van der Waals surface area contributed by atoms with E-state index >= 15 is 0 Å². The van der Waals surface area contributed by atoms with Crippen molar-refractivity contribution in [1.82, 2.24) is 5.32 Å². The molecule has 10 heteroatoms. The van der Waals surface area contributed by atoms with E-state index < -0.39 is 16.9 Å². The highest BCUT2D eigenvalue weighted by molar-refractivity contribution is 7.14. The average molecular weight is 405 g/mol. The molecule has 0 saturated heterocycles. The third-order valence-electron chi connectivity index (χ3n) is 3.16. The number of carbonyl (C=O) groups excluding carboxylic acids is 1. The quantitative estimate of drug-likeness (QED) is 0.543. The maximum atomic E-state index is 12.0. The molecule has 1 amide bonds. The first-order valence-electron chi connectivity index (χ1n) is 7.07. The Morgan fingerprint density at radius 3 is 2.84 bits per heavy atom. The maximum Gasteiger partial charge on any atom is 0.283 e. The summed E-state index contributed by atoms with van der Waals surface area (Å²) in [7, 11) is 0. The summed E-state index contributed by atoms with van der Waals surface area (Å²) in [4.78, 5) is 22.9. The summed E-state index contributed by atoms with van der Waals surface area (Å²) in [5.74, 6) is -0.176. The first-order chi connectivity index (χ1) is 11.8. The molecule has 1 aromatic heterocycles. The lowest BCUT2D eigenvalue weighted by atomic mass is 10.3. The largest absolute Gasteiger partial charge is 0.489 e. The summed E-state index contributed by atoms with van der Waals surface area (Å²) in [6, 6.07) is 6.08. The van der Waals surface area contributed by atoms with Crippen molar-refractivity contribution >= 4 is 46.1 Å². The minimum Gasteiger partial charge on any atom is -0.489 e. The van der Waals surface area contributed by atoms with E-state index in [-0.39, 0.29) is 28.7 Å². The Kier molecular flexibility index (Phi) is 6.60. The minimum atomic E-state index is -0.991. The van der Waals surface area contributed by atoms with Crippen LogP contribution in [0.1, 0.15) is 14.5 Å². The fraction of sp³-hybridized carbons (Fsp3) is 0.267. The zero-order valence-electron chi connectivity index (χ0n) is 13.0. The Hall–Kier alpha value is -1.87. The van der Waals surface area contributed by atoms with Gasteiger partial charge in [0.15, 0.2) is 0 Å². The third-order valence-corrected chi connectivity index (χ3v) is 5.00. The number of rotatable bonds is 7. The molecule has 2 N–H and O–H groups in total. The van der Waals surface area contributed by atoms with Crippen LogP contribution >= 0.6 is 34.5 Å². The molecule has 1 atom stereocenters. The first-order valence-corrected chi connectivity index (χ1v) is 8.64. The highest BCUT2D eigenvalue weighted by atomic mass is 35.5. The van der Waals surface area contributed by atoms with Crippen molar-refractivity contribution in [1.29, 1.82) is 0 Å². The Morgan fingerprint density at radius 2 is 2.20 bits per heavy atom. The summed E-state index contributed by atoms with van der Waals surface area (Å²) >= 11 is 12.8. The van der Waals surface area contributed by atoms with Crippen LogP contribution in [0, 0.1) is 17.0 Å². The van der Waals surface area contributed by atoms with Gasteiger partial charge in [-0.1, -0.05) is 29.3 Å². The van der Waals surface area contributed by atoms with Crippen LogP contribution in [0.25, 0.3) is 0 Å². The van der Waals surface area contributed by atoms with E-state index in [1.165, 1.54) is 6.07 Å². The maximum absolute atomic E-state index is 12.0. The zero-order chi connectivity index (χ0) is 18.6. The highest BCUT2D eigenvalue weighted by Crippen LogP contribution is 2.31. The van der Waals surface area contributed by atoms with Crippen molar-refractivity contribution in [2.75, 3.05) is 13.2 Å². The number of nitro groups is 1. The van der Waals surface area contributed by atoms with E-state index in [2.05, 4.69) is 5.32 Å². The van der Waals surface area contributed by atoms with E-state index in [0.29, 0.717) is 15.6 Å². The molecule has 0 radical (unpaired) electrons.